The van der Waals surface area contributed by atoms with Gasteiger partial charge in [0, 0.05) is 12.2 Å². The second-order valence-corrected chi connectivity index (χ2v) is 1.42. The van der Waals surface area contributed by atoms with Crippen LogP contribution >= 0.6 is 0 Å². The maximum Gasteiger partial charge on any atom is 0.328 e. The third kappa shape index (κ3) is 64.5. The van der Waals surface area contributed by atoms with Crippen molar-refractivity contribution in [1.82, 2.24) is 12.3 Å². The summed E-state index contributed by atoms with van der Waals surface area (Å²) in [5, 5.41) is 15.6. The Balaban J connectivity index is -0.0000000720. The van der Waals surface area contributed by atoms with Crippen LogP contribution in [0.4, 0.5) is 0 Å². The average molecular weight is 192 g/mol. The van der Waals surface area contributed by atoms with Crippen LogP contribution in [0.1, 0.15) is 6.92 Å². The van der Waals surface area contributed by atoms with Crippen LogP contribution in [0.2, 0.25) is 0 Å². The summed E-state index contributed by atoms with van der Waals surface area (Å²) in [5.41, 5.74) is 0. The third-order valence-electron chi connectivity index (χ3n) is 0.368. The van der Waals surface area contributed by atoms with Gasteiger partial charge < -0.3 is 22.5 Å². The van der Waals surface area contributed by atoms with Gasteiger partial charge in [0.25, 0.3) is 0 Å². The van der Waals surface area contributed by atoms with Crippen molar-refractivity contribution in [2.75, 3.05) is 0 Å². The van der Waals surface area contributed by atoms with Crippen LogP contribution in [-0.4, -0.2) is 22.2 Å². The van der Waals surface area contributed by atoms with Crippen LogP contribution in [0.3, 0.4) is 0 Å². The van der Waals surface area contributed by atoms with Crippen molar-refractivity contribution in [3.63, 3.8) is 0 Å². The molecule has 0 saturated carbocycles. The summed E-state index contributed by atoms with van der Waals surface area (Å²) in [6.45, 7) is 5.25. The number of aliphatic carboxylic acids is 2. The molecule has 0 saturated heterocycles. The van der Waals surface area contributed by atoms with E-state index in [0.717, 1.165) is 0 Å². The first-order valence-electron chi connectivity index (χ1n) is 2.75. The van der Waals surface area contributed by atoms with E-state index in [0.29, 0.717) is 12.2 Å². The Morgan fingerprint density at radius 3 is 1.31 bits per heavy atom. The van der Waals surface area contributed by atoms with E-state index < -0.39 is 11.9 Å². The summed E-state index contributed by atoms with van der Waals surface area (Å²) >= 11 is 0. The molecule has 0 fully saturated rings. The first kappa shape index (κ1) is 22.5. The molecule has 0 rings (SSSR count). The van der Waals surface area contributed by atoms with Gasteiger partial charge in [0.15, 0.2) is 0 Å². The topological polar surface area (TPSA) is 145 Å². The van der Waals surface area contributed by atoms with E-state index in [2.05, 4.69) is 6.58 Å². The molecule has 0 unspecified atom stereocenters. The Morgan fingerprint density at radius 1 is 1.08 bits per heavy atom. The fourth-order valence-electron chi connectivity index (χ4n) is 0.143. The molecule has 0 aliphatic carbocycles. The van der Waals surface area contributed by atoms with E-state index in [1.165, 1.54) is 0 Å². The van der Waals surface area contributed by atoms with E-state index in [1.807, 2.05) is 6.92 Å². The maximum atomic E-state index is 9.55. The molecular formula is C7H16N2O4. The third-order valence-corrected chi connectivity index (χ3v) is 0.368. The molecule has 6 nitrogen and oxygen atoms in total. The van der Waals surface area contributed by atoms with Gasteiger partial charge >= 0.3 is 11.9 Å². The van der Waals surface area contributed by atoms with Crippen LogP contribution in [0.5, 0.6) is 0 Å². The highest BCUT2D eigenvalue weighted by atomic mass is 16.4. The van der Waals surface area contributed by atoms with E-state index in [-0.39, 0.29) is 12.3 Å². The average Bonchev–Trinajstić information content (AvgIpc) is 1.85. The smallest absolute Gasteiger partial charge is 0.328 e. The summed E-state index contributed by atoms with van der Waals surface area (Å²) in [6, 6.07) is 0. The van der Waals surface area contributed by atoms with Crippen molar-refractivity contribution < 1.29 is 19.8 Å². The van der Waals surface area contributed by atoms with Crippen LogP contribution in [-0.2, 0) is 9.59 Å². The van der Waals surface area contributed by atoms with Gasteiger partial charge in [-0.3, -0.25) is 0 Å². The van der Waals surface area contributed by atoms with Crippen molar-refractivity contribution in [2.45, 2.75) is 6.92 Å². The van der Waals surface area contributed by atoms with E-state index >= 15 is 0 Å². The largest absolute Gasteiger partial charge is 0.478 e. The Kier molecular flexibility index (Phi) is 29.0. The fraction of sp³-hybridized carbons (Fsp3) is 0.143. The Labute approximate surface area is 76.7 Å². The molecule has 0 amide bonds. The number of hydrogen-bond donors (Lipinski definition) is 4. The minimum atomic E-state index is -1.26. The number of rotatable bonds is 2. The lowest BCUT2D eigenvalue weighted by atomic mass is 10.5. The summed E-state index contributed by atoms with van der Waals surface area (Å²) < 4.78 is 0. The molecule has 0 radical (unpaired) electrons. The zero-order chi connectivity index (χ0) is 9.28. The highest BCUT2D eigenvalue weighted by molar-refractivity contribution is 5.89. The fourth-order valence-corrected chi connectivity index (χ4v) is 0.143. The van der Waals surface area contributed by atoms with E-state index in [1.54, 1.807) is 6.08 Å². The summed E-state index contributed by atoms with van der Waals surface area (Å²) in [7, 11) is 0. The highest BCUT2D eigenvalue weighted by Gasteiger charge is 1.88. The number of allylic oxidation sites excluding steroid dienone is 1. The van der Waals surface area contributed by atoms with Crippen molar-refractivity contribution in [3.8, 4) is 0 Å². The van der Waals surface area contributed by atoms with E-state index in [4.69, 9.17) is 10.2 Å². The number of carboxylic acids is 2. The lowest BCUT2D eigenvalue weighted by molar-refractivity contribution is -0.134. The molecule has 13 heavy (non-hydrogen) atoms. The molecule has 0 aliphatic heterocycles. The lowest BCUT2D eigenvalue weighted by Gasteiger charge is -1.74. The Hall–Kier alpha value is -1.66. The van der Waals surface area contributed by atoms with Crippen LogP contribution in [0.25, 0.3) is 0 Å². The predicted molar refractivity (Wildman–Crippen MR) is 50.3 cm³/mol. The monoisotopic (exact) mass is 192 g/mol. The number of hydrogen-bond acceptors (Lipinski definition) is 4. The van der Waals surface area contributed by atoms with Crippen LogP contribution in [0.15, 0.2) is 24.8 Å². The van der Waals surface area contributed by atoms with E-state index in [9.17, 15) is 9.59 Å². The van der Waals surface area contributed by atoms with Crippen molar-refractivity contribution >= 4 is 11.9 Å². The SMILES string of the molecule is C=CC.N.N.O=C(O)/C=C/C(=O)O. The van der Waals surface area contributed by atoms with Gasteiger partial charge in [-0.2, -0.15) is 0 Å². The molecule has 0 spiro atoms. The van der Waals surface area contributed by atoms with Crippen molar-refractivity contribution in [2.24, 2.45) is 0 Å². The minimum Gasteiger partial charge on any atom is -0.478 e. The minimum absolute atomic E-state index is 0. The van der Waals surface area contributed by atoms with Gasteiger partial charge in [-0.15, -0.1) is 6.58 Å². The molecule has 0 aromatic carbocycles. The quantitative estimate of drug-likeness (QED) is 0.382. The van der Waals surface area contributed by atoms with Gasteiger partial charge in [0.05, 0.1) is 0 Å². The Morgan fingerprint density at radius 2 is 1.23 bits per heavy atom. The van der Waals surface area contributed by atoms with Gasteiger partial charge in [0.1, 0.15) is 0 Å². The van der Waals surface area contributed by atoms with Crippen LogP contribution in [0, 0.1) is 0 Å². The molecule has 0 heterocycles. The molecule has 6 heteroatoms. The normalized spacial score (nSPS) is 6.85. The zero-order valence-corrected chi connectivity index (χ0v) is 7.56. The zero-order valence-electron chi connectivity index (χ0n) is 7.56. The molecule has 78 valence electrons. The maximum absolute atomic E-state index is 9.55. The first-order valence-corrected chi connectivity index (χ1v) is 2.75. The van der Waals surface area contributed by atoms with Crippen molar-refractivity contribution in [3.05, 3.63) is 24.8 Å². The molecular weight excluding hydrogens is 176 g/mol. The molecule has 0 bridgehead atoms. The molecule has 0 aliphatic rings. The molecule has 8 N–H and O–H groups in total. The predicted octanol–water partition coefficient (Wildman–Crippen LogP) is 1.23. The summed E-state index contributed by atoms with van der Waals surface area (Å²) in [6.07, 6.45) is 2.87. The van der Waals surface area contributed by atoms with Gasteiger partial charge in [0.2, 0.25) is 0 Å². The van der Waals surface area contributed by atoms with Gasteiger partial charge in [-0.05, 0) is 6.92 Å². The van der Waals surface area contributed by atoms with Crippen LogP contribution < -0.4 is 12.3 Å². The van der Waals surface area contributed by atoms with Crippen molar-refractivity contribution in [1.29, 1.82) is 0 Å². The number of carboxylic acid groups (broad SMARTS) is 2. The first-order chi connectivity index (χ1) is 5.04. The van der Waals surface area contributed by atoms with Gasteiger partial charge in [-0.1, -0.05) is 6.08 Å². The Bertz CT molecular complexity index is 161. The number of carbonyl (C=O) groups is 2. The lowest BCUT2D eigenvalue weighted by Crippen LogP contribution is -1.91. The summed E-state index contributed by atoms with van der Waals surface area (Å²) in [5.74, 6) is -2.51. The second kappa shape index (κ2) is 16.7. The molecule has 0 aromatic heterocycles. The molecule has 0 atom stereocenters. The highest BCUT2D eigenvalue weighted by Crippen LogP contribution is 1.70. The standard InChI is InChI=1S/C4H4O4.C3H6.2H3N/c5-3(6)1-2-4(7)8;1-3-2;;/h1-2H,(H,5,6)(H,7,8);3H,1H2,2H3;2*1H3/b2-1+;;;. The van der Waals surface area contributed by atoms with Gasteiger partial charge in [-0.25, -0.2) is 9.59 Å². The summed E-state index contributed by atoms with van der Waals surface area (Å²) in [4.78, 5) is 19.1. The second-order valence-electron chi connectivity index (χ2n) is 1.42. The molecule has 0 aromatic rings.